The third kappa shape index (κ3) is 4.93. The molecule has 0 aromatic heterocycles. The minimum atomic E-state index is -4.60. The van der Waals surface area contributed by atoms with Crippen LogP contribution in [0.5, 0.6) is 0 Å². The Morgan fingerprint density at radius 2 is 1.00 bits per heavy atom. The van der Waals surface area contributed by atoms with Gasteiger partial charge in [-0.05, 0) is 0 Å². The fourth-order valence-corrected chi connectivity index (χ4v) is 7.31. The molecule has 0 spiro atoms. The van der Waals surface area contributed by atoms with Gasteiger partial charge in [0.25, 0.3) is 0 Å². The van der Waals surface area contributed by atoms with Gasteiger partial charge in [-0.15, -0.1) is 0 Å². The van der Waals surface area contributed by atoms with Gasteiger partial charge < -0.3 is 0 Å². The van der Waals surface area contributed by atoms with Crippen molar-refractivity contribution in [2.45, 2.75) is 45.0 Å². The van der Waals surface area contributed by atoms with E-state index in [0.29, 0.717) is 0 Å². The molecule has 0 fully saturated rings. The molecule has 0 atom stereocenters. The molecule has 0 amide bonds. The monoisotopic (exact) mass is 354 g/mol. The first kappa shape index (κ1) is 16.2. The molecule has 0 aliphatic carbocycles. The van der Waals surface area contributed by atoms with E-state index in [1.807, 2.05) is 0 Å². The van der Waals surface area contributed by atoms with Crippen LogP contribution in [-0.2, 0) is 23.6 Å². The molecule has 0 saturated heterocycles. The summed E-state index contributed by atoms with van der Waals surface area (Å²) >= 11 is -4.60. The van der Waals surface area contributed by atoms with Gasteiger partial charge in [0.1, 0.15) is 0 Å². The van der Waals surface area contributed by atoms with Gasteiger partial charge in [-0.2, -0.15) is 0 Å². The molecule has 98 valence electrons. The Morgan fingerprint density at radius 3 is 1.12 bits per heavy atom. The van der Waals surface area contributed by atoms with Crippen LogP contribution in [0.25, 0.3) is 0 Å². The molecule has 0 radical (unpaired) electrons. The quantitative estimate of drug-likeness (QED) is 0.714. The zero-order valence-corrected chi connectivity index (χ0v) is 13.8. The van der Waals surface area contributed by atoms with Crippen LogP contribution in [0.2, 0.25) is 3.43 Å². The van der Waals surface area contributed by atoms with Crippen LogP contribution in [0.3, 0.4) is 0 Å². The number of rotatable bonds is 3. The molecule has 6 nitrogen and oxygen atoms in total. The van der Waals surface area contributed by atoms with Crippen LogP contribution in [0.15, 0.2) is 0 Å². The summed E-state index contributed by atoms with van der Waals surface area (Å²) in [5.41, 5.74) is 0. The maximum absolute atomic E-state index is 11.1. The van der Waals surface area contributed by atoms with Gasteiger partial charge in [0.05, 0.1) is 0 Å². The van der Waals surface area contributed by atoms with Crippen LogP contribution in [-0.4, -0.2) is 37.5 Å². The van der Waals surface area contributed by atoms with E-state index >= 15 is 0 Å². The Kier molecular flexibility index (Phi) is 5.43. The van der Waals surface area contributed by atoms with E-state index in [1.54, 1.807) is 20.8 Å². The molecule has 0 unspecified atom stereocenters. The van der Waals surface area contributed by atoms with E-state index in [4.69, 9.17) is 9.22 Å². The standard InChI is InChI=1S/C4H9.3C2H4O2.Sn/c1-4(2)3;3*1-2(3)4;/h1-3H3;3*1H3,(H,3,4);/q;;;;+3/p-3. The van der Waals surface area contributed by atoms with Gasteiger partial charge in [0.15, 0.2) is 0 Å². The predicted octanol–water partition coefficient (Wildman–Crippen LogP) is 1.41. The second kappa shape index (κ2) is 5.70. The third-order valence-electron chi connectivity index (χ3n) is 1.75. The molecule has 0 bridgehead atoms. The number of hydrogen-bond donors (Lipinski definition) is 0. The van der Waals surface area contributed by atoms with Crippen molar-refractivity contribution in [2.75, 3.05) is 0 Å². The third-order valence-corrected chi connectivity index (χ3v) is 11.8. The normalized spacial score (nSPS) is 11.6. The summed E-state index contributed by atoms with van der Waals surface area (Å²) in [4.78, 5) is 33.4. The van der Waals surface area contributed by atoms with Gasteiger partial charge >= 0.3 is 106 Å². The molecule has 0 N–H and O–H groups in total. The average molecular weight is 353 g/mol. The van der Waals surface area contributed by atoms with E-state index < -0.39 is 41.0 Å². The van der Waals surface area contributed by atoms with Crippen molar-refractivity contribution in [3.05, 3.63) is 0 Å². The van der Waals surface area contributed by atoms with Crippen LogP contribution >= 0.6 is 0 Å². The molecule has 0 aliphatic rings. The number of carbonyl (C=O) groups is 3. The summed E-state index contributed by atoms with van der Waals surface area (Å²) in [5.74, 6) is -1.88. The van der Waals surface area contributed by atoms with Crippen LogP contribution in [0.1, 0.15) is 41.5 Å². The zero-order chi connectivity index (χ0) is 13.9. The second-order valence-electron chi connectivity index (χ2n) is 4.59. The summed E-state index contributed by atoms with van der Waals surface area (Å²) in [6, 6.07) is 0. The van der Waals surface area contributed by atoms with Crippen molar-refractivity contribution in [2.24, 2.45) is 0 Å². The van der Waals surface area contributed by atoms with E-state index in [0.717, 1.165) is 0 Å². The second-order valence-corrected chi connectivity index (χ2v) is 13.8. The number of hydrogen-bond acceptors (Lipinski definition) is 6. The van der Waals surface area contributed by atoms with E-state index in [-0.39, 0.29) is 0 Å². The summed E-state index contributed by atoms with van der Waals surface area (Å²) < 4.78 is 14.6. The summed E-state index contributed by atoms with van der Waals surface area (Å²) in [5, 5.41) is 0. The van der Waals surface area contributed by atoms with Gasteiger partial charge in [0.2, 0.25) is 0 Å². The molecule has 0 rings (SSSR count). The predicted molar refractivity (Wildman–Crippen MR) is 60.8 cm³/mol. The molecule has 0 aromatic rings. The Morgan fingerprint density at radius 1 is 0.765 bits per heavy atom. The first-order chi connectivity index (χ1) is 7.50. The Bertz CT molecular complexity index is 289. The topological polar surface area (TPSA) is 78.9 Å². The SMILES string of the molecule is CC(=O)[O][Sn]([O]C(C)=O)([O]C(C)=O)[C](C)(C)C. The Hall–Kier alpha value is -0.791. The zero-order valence-electron chi connectivity index (χ0n) is 10.9. The van der Waals surface area contributed by atoms with Gasteiger partial charge in [-0.25, -0.2) is 0 Å². The van der Waals surface area contributed by atoms with Gasteiger partial charge in [-0.1, -0.05) is 0 Å². The van der Waals surface area contributed by atoms with Crippen molar-refractivity contribution in [1.29, 1.82) is 0 Å². The van der Waals surface area contributed by atoms with Gasteiger partial charge in [-0.3, -0.25) is 0 Å². The van der Waals surface area contributed by atoms with Crippen molar-refractivity contribution < 1.29 is 23.6 Å². The Labute approximate surface area is 106 Å². The summed E-state index contributed by atoms with van der Waals surface area (Å²) in [6.45, 7) is 8.67. The van der Waals surface area contributed by atoms with E-state index in [1.165, 1.54) is 20.8 Å². The van der Waals surface area contributed by atoms with E-state index in [2.05, 4.69) is 0 Å². The Balaban J connectivity index is 5.42. The molecule has 0 heterocycles. The fourth-order valence-electron chi connectivity index (χ4n) is 1.09. The van der Waals surface area contributed by atoms with Crippen molar-refractivity contribution >= 4 is 37.5 Å². The minimum absolute atomic E-state index is 0.627. The van der Waals surface area contributed by atoms with Crippen molar-refractivity contribution in [3.8, 4) is 0 Å². The number of carbonyl (C=O) groups excluding carboxylic acids is 3. The van der Waals surface area contributed by atoms with Crippen LogP contribution < -0.4 is 0 Å². The molecule has 17 heavy (non-hydrogen) atoms. The van der Waals surface area contributed by atoms with Crippen molar-refractivity contribution in [3.63, 3.8) is 0 Å². The summed E-state index contributed by atoms with van der Waals surface area (Å²) in [7, 11) is 0. The first-order valence-electron chi connectivity index (χ1n) is 5.09. The summed E-state index contributed by atoms with van der Waals surface area (Å²) in [6.07, 6.45) is 0. The van der Waals surface area contributed by atoms with Crippen LogP contribution in [0, 0.1) is 0 Å². The average Bonchev–Trinajstić information content (AvgIpc) is 1.96. The van der Waals surface area contributed by atoms with Gasteiger partial charge in [0, 0.05) is 0 Å². The molecule has 0 saturated carbocycles. The molecule has 7 heteroatoms. The molecular weight excluding hydrogens is 335 g/mol. The fraction of sp³-hybridized carbons (Fsp3) is 0.700. The first-order valence-corrected chi connectivity index (χ1v) is 10.0. The van der Waals surface area contributed by atoms with Crippen molar-refractivity contribution in [1.82, 2.24) is 0 Å². The molecular formula is C10H18O6Sn. The van der Waals surface area contributed by atoms with E-state index in [9.17, 15) is 14.4 Å². The molecule has 0 aliphatic heterocycles. The molecule has 0 aromatic carbocycles. The maximum atomic E-state index is 11.1. The van der Waals surface area contributed by atoms with Crippen LogP contribution in [0.4, 0.5) is 0 Å².